The Balaban J connectivity index is 1.13. The van der Waals surface area contributed by atoms with E-state index in [0.29, 0.717) is 29.9 Å². The van der Waals surface area contributed by atoms with Crippen LogP contribution in [0, 0.1) is 5.92 Å². The minimum absolute atomic E-state index is 0.0489. The molecule has 3 amide bonds. The molecule has 45 heavy (non-hydrogen) atoms. The number of para-hydroxylation sites is 1. The van der Waals surface area contributed by atoms with Crippen molar-refractivity contribution >= 4 is 29.1 Å². The highest BCUT2D eigenvalue weighted by atomic mass is 16.3. The molecule has 3 heterocycles. The first-order chi connectivity index (χ1) is 21.8. The van der Waals surface area contributed by atoms with Gasteiger partial charge in [-0.3, -0.25) is 14.4 Å². The second-order valence-electron chi connectivity index (χ2n) is 12.3. The third kappa shape index (κ3) is 6.03. The van der Waals surface area contributed by atoms with Crippen LogP contribution in [-0.4, -0.2) is 58.1 Å². The van der Waals surface area contributed by atoms with Crippen LogP contribution >= 0.6 is 0 Å². The SMILES string of the molecule is C[C@H](/C=C/CC(=O)N1Cc2ccccc2C[C@H]1CO)[C@@]1(O)C(=O)N(Cc2ccc(NC(=O)[C@H]3CCCN3)cc2)c2ccccc21. The Morgan fingerprint density at radius 2 is 1.80 bits per heavy atom. The largest absolute Gasteiger partial charge is 0.394 e. The van der Waals surface area contributed by atoms with Gasteiger partial charge in [0.2, 0.25) is 11.8 Å². The normalized spacial score (nSPS) is 23.2. The highest BCUT2D eigenvalue weighted by molar-refractivity contribution is 6.07. The molecule has 3 aromatic carbocycles. The highest BCUT2D eigenvalue weighted by Crippen LogP contribution is 2.45. The van der Waals surface area contributed by atoms with E-state index in [0.717, 1.165) is 36.1 Å². The second-order valence-corrected chi connectivity index (χ2v) is 12.3. The molecule has 3 aromatic rings. The Hall–Kier alpha value is -4.31. The van der Waals surface area contributed by atoms with E-state index in [-0.39, 0.29) is 43.5 Å². The maximum absolute atomic E-state index is 13.9. The van der Waals surface area contributed by atoms with Gasteiger partial charge in [0.05, 0.1) is 30.9 Å². The molecule has 4 N–H and O–H groups in total. The molecule has 6 rings (SSSR count). The van der Waals surface area contributed by atoms with Crippen molar-refractivity contribution in [3.8, 4) is 0 Å². The quantitative estimate of drug-likeness (QED) is 0.275. The molecule has 1 saturated heterocycles. The van der Waals surface area contributed by atoms with Crippen LogP contribution in [-0.2, 0) is 39.5 Å². The van der Waals surface area contributed by atoms with Gasteiger partial charge >= 0.3 is 0 Å². The first-order valence-corrected chi connectivity index (χ1v) is 15.7. The van der Waals surface area contributed by atoms with Gasteiger partial charge in [0.25, 0.3) is 5.91 Å². The van der Waals surface area contributed by atoms with Crippen LogP contribution in [0.25, 0.3) is 0 Å². The summed E-state index contributed by atoms with van der Waals surface area (Å²) >= 11 is 0. The predicted molar refractivity (Wildman–Crippen MR) is 172 cm³/mol. The van der Waals surface area contributed by atoms with Crippen molar-refractivity contribution in [1.82, 2.24) is 10.2 Å². The molecule has 0 aliphatic carbocycles. The number of aliphatic hydroxyl groups is 2. The molecule has 9 heteroatoms. The number of rotatable bonds is 9. The first kappa shape index (κ1) is 30.7. The van der Waals surface area contributed by atoms with Gasteiger partial charge in [-0.25, -0.2) is 0 Å². The summed E-state index contributed by atoms with van der Waals surface area (Å²) in [6.07, 6.45) is 5.96. The van der Waals surface area contributed by atoms with Gasteiger partial charge in [-0.15, -0.1) is 0 Å². The van der Waals surface area contributed by atoms with E-state index >= 15 is 0 Å². The molecule has 0 bridgehead atoms. The van der Waals surface area contributed by atoms with Gasteiger partial charge in [-0.1, -0.05) is 73.7 Å². The number of hydrogen-bond donors (Lipinski definition) is 4. The molecule has 0 saturated carbocycles. The van der Waals surface area contributed by atoms with E-state index in [9.17, 15) is 24.6 Å². The fourth-order valence-corrected chi connectivity index (χ4v) is 6.74. The molecule has 1 fully saturated rings. The summed E-state index contributed by atoms with van der Waals surface area (Å²) < 4.78 is 0. The summed E-state index contributed by atoms with van der Waals surface area (Å²) in [5.41, 5.74) is 3.15. The van der Waals surface area contributed by atoms with Crippen molar-refractivity contribution in [1.29, 1.82) is 0 Å². The van der Waals surface area contributed by atoms with Crippen LogP contribution in [0.2, 0.25) is 0 Å². The van der Waals surface area contributed by atoms with Crippen LogP contribution in [0.4, 0.5) is 11.4 Å². The number of carbonyl (C=O) groups is 3. The summed E-state index contributed by atoms with van der Waals surface area (Å²) in [6, 6.07) is 22.2. The minimum atomic E-state index is -1.80. The van der Waals surface area contributed by atoms with Crippen LogP contribution in [0.1, 0.15) is 48.4 Å². The third-order valence-electron chi connectivity index (χ3n) is 9.38. The van der Waals surface area contributed by atoms with Gasteiger partial charge in [-0.05, 0) is 60.7 Å². The number of nitrogens with one attached hydrogen (secondary N) is 2. The van der Waals surface area contributed by atoms with E-state index in [1.165, 1.54) is 0 Å². The Labute approximate surface area is 263 Å². The average molecular weight is 609 g/mol. The second kappa shape index (κ2) is 13.0. The van der Waals surface area contributed by atoms with Crippen molar-refractivity contribution in [3.63, 3.8) is 0 Å². The number of hydrogen-bond acceptors (Lipinski definition) is 6. The fraction of sp³-hybridized carbons (Fsp3) is 0.361. The zero-order valence-corrected chi connectivity index (χ0v) is 25.5. The molecule has 3 aliphatic heterocycles. The zero-order chi connectivity index (χ0) is 31.6. The molecule has 0 aromatic heterocycles. The van der Waals surface area contributed by atoms with Crippen LogP contribution in [0.3, 0.4) is 0 Å². The van der Waals surface area contributed by atoms with Crippen molar-refractivity contribution in [2.24, 2.45) is 5.92 Å². The smallest absolute Gasteiger partial charge is 0.264 e. The number of nitrogens with zero attached hydrogens (tertiary/aromatic N) is 2. The lowest BCUT2D eigenvalue weighted by Gasteiger charge is -2.36. The molecule has 234 valence electrons. The highest BCUT2D eigenvalue weighted by Gasteiger charge is 2.52. The molecule has 0 radical (unpaired) electrons. The van der Waals surface area contributed by atoms with E-state index in [4.69, 9.17) is 0 Å². The third-order valence-corrected chi connectivity index (χ3v) is 9.38. The summed E-state index contributed by atoms with van der Waals surface area (Å²) in [7, 11) is 0. The number of aliphatic hydroxyl groups excluding tert-OH is 1. The van der Waals surface area contributed by atoms with Gasteiger partial charge in [0.1, 0.15) is 0 Å². The maximum atomic E-state index is 13.9. The van der Waals surface area contributed by atoms with E-state index < -0.39 is 17.4 Å². The van der Waals surface area contributed by atoms with Crippen molar-refractivity contribution in [2.45, 2.75) is 63.4 Å². The zero-order valence-electron chi connectivity index (χ0n) is 25.5. The number of amides is 3. The lowest BCUT2D eigenvalue weighted by molar-refractivity contribution is -0.139. The summed E-state index contributed by atoms with van der Waals surface area (Å²) in [5, 5.41) is 28.1. The number of anilines is 2. The van der Waals surface area contributed by atoms with Crippen LogP contribution < -0.4 is 15.5 Å². The van der Waals surface area contributed by atoms with Gasteiger partial charge < -0.3 is 30.6 Å². The summed E-state index contributed by atoms with van der Waals surface area (Å²) in [6.45, 7) is 3.21. The van der Waals surface area contributed by atoms with Gasteiger partial charge in [0, 0.05) is 30.1 Å². The van der Waals surface area contributed by atoms with Crippen LogP contribution in [0.15, 0.2) is 84.9 Å². The molecular formula is C36H40N4O5. The number of carbonyl (C=O) groups excluding carboxylic acids is 3. The summed E-state index contributed by atoms with van der Waals surface area (Å²) in [5.74, 6) is -1.20. The van der Waals surface area contributed by atoms with Crippen LogP contribution in [0.5, 0.6) is 0 Å². The van der Waals surface area contributed by atoms with Crippen molar-refractivity contribution in [3.05, 3.63) is 107 Å². The summed E-state index contributed by atoms with van der Waals surface area (Å²) in [4.78, 5) is 42.9. The van der Waals surface area contributed by atoms with E-state index in [2.05, 4.69) is 10.6 Å². The minimum Gasteiger partial charge on any atom is -0.394 e. The lowest BCUT2D eigenvalue weighted by Crippen LogP contribution is -2.46. The van der Waals surface area contributed by atoms with E-state index in [1.54, 1.807) is 41.0 Å². The number of fused-ring (bicyclic) bond motifs is 2. The van der Waals surface area contributed by atoms with Gasteiger partial charge in [-0.2, -0.15) is 0 Å². The fourth-order valence-electron chi connectivity index (χ4n) is 6.74. The molecule has 3 aliphatic rings. The predicted octanol–water partition coefficient (Wildman–Crippen LogP) is 3.64. The Bertz CT molecular complexity index is 1600. The van der Waals surface area contributed by atoms with Crippen molar-refractivity contribution < 1.29 is 24.6 Å². The molecule has 0 spiro atoms. The number of benzene rings is 3. The molecule has 4 atom stereocenters. The monoisotopic (exact) mass is 608 g/mol. The first-order valence-electron chi connectivity index (χ1n) is 15.7. The van der Waals surface area contributed by atoms with E-state index in [1.807, 2.05) is 60.7 Å². The Morgan fingerprint density at radius 1 is 1.07 bits per heavy atom. The average Bonchev–Trinajstić information content (AvgIpc) is 3.68. The lowest BCUT2D eigenvalue weighted by atomic mass is 9.83. The van der Waals surface area contributed by atoms with Crippen molar-refractivity contribution in [2.75, 3.05) is 23.4 Å². The Morgan fingerprint density at radius 3 is 2.53 bits per heavy atom. The Kier molecular flexibility index (Phi) is 8.85. The standard InChI is InChI=1S/C36H40N4O5/c1-24(8-6-14-33(42)39-22-27-10-3-2-9-26(27)20-29(39)23-41)36(45)30-11-4-5-13-32(30)40(35(36)44)21-25-15-17-28(18-16-25)38-34(43)31-12-7-19-37-31/h2-6,8-11,13,15-18,24,29,31,37,41,45H,7,12,14,19-23H2,1H3,(H,38,43)/b8-6+/t24-,29+,31-,36+/m1/s1. The maximum Gasteiger partial charge on any atom is 0.264 e. The molecule has 9 nitrogen and oxygen atoms in total. The molecule has 0 unspecified atom stereocenters. The topological polar surface area (TPSA) is 122 Å². The molecular weight excluding hydrogens is 568 g/mol. The van der Waals surface area contributed by atoms with Gasteiger partial charge in [0.15, 0.2) is 5.60 Å².